The first-order chi connectivity index (χ1) is 12.2. The first-order valence-electron chi connectivity index (χ1n) is 8.33. The number of carbonyl (C=O) groups is 1. The van der Waals surface area contributed by atoms with Crippen LogP contribution in [0.3, 0.4) is 0 Å². The van der Waals surface area contributed by atoms with E-state index in [2.05, 4.69) is 33.1 Å². The van der Waals surface area contributed by atoms with Gasteiger partial charge in [-0.15, -0.1) is 0 Å². The number of H-pyrrole nitrogens is 2. The van der Waals surface area contributed by atoms with Gasteiger partial charge in [0.15, 0.2) is 0 Å². The number of aromatic amines is 2. The van der Waals surface area contributed by atoms with E-state index in [1.165, 1.54) is 6.20 Å². The normalized spacial score (nSPS) is 15.6. The van der Waals surface area contributed by atoms with Crippen LogP contribution in [0.15, 0.2) is 47.4 Å². The van der Waals surface area contributed by atoms with Gasteiger partial charge < -0.3 is 14.9 Å². The lowest BCUT2D eigenvalue weighted by molar-refractivity contribution is 0.0622. The Balaban J connectivity index is 1.38. The van der Waals surface area contributed by atoms with Gasteiger partial charge in [-0.2, -0.15) is 0 Å². The number of piperazine rings is 1. The molecule has 1 fully saturated rings. The fourth-order valence-electron chi connectivity index (χ4n) is 3.15. The summed E-state index contributed by atoms with van der Waals surface area (Å²) in [6.45, 7) is 3.62. The minimum Gasteiger partial charge on any atom is -0.335 e. The SMILES string of the molecule is O=C(c1c[nH]c(=O)[nH]1)N1CCN(Cc2ccc3ccccc3n2)CC1. The summed E-state index contributed by atoms with van der Waals surface area (Å²) in [6.07, 6.45) is 1.43. The van der Waals surface area contributed by atoms with Crippen molar-refractivity contribution in [1.82, 2.24) is 24.8 Å². The number of rotatable bonds is 3. The van der Waals surface area contributed by atoms with Crippen LogP contribution in [-0.4, -0.2) is 56.8 Å². The van der Waals surface area contributed by atoms with E-state index in [9.17, 15) is 9.59 Å². The summed E-state index contributed by atoms with van der Waals surface area (Å²) in [6, 6.07) is 12.2. The monoisotopic (exact) mass is 337 g/mol. The molecule has 0 bridgehead atoms. The van der Waals surface area contributed by atoms with Gasteiger partial charge in [0.25, 0.3) is 5.91 Å². The number of amides is 1. The van der Waals surface area contributed by atoms with E-state index in [1.54, 1.807) is 4.90 Å². The van der Waals surface area contributed by atoms with E-state index in [1.807, 2.05) is 18.2 Å². The highest BCUT2D eigenvalue weighted by Gasteiger charge is 2.23. The van der Waals surface area contributed by atoms with E-state index in [4.69, 9.17) is 4.98 Å². The molecule has 0 spiro atoms. The number of carbonyl (C=O) groups excluding carboxylic acids is 1. The Morgan fingerprint density at radius 3 is 2.64 bits per heavy atom. The summed E-state index contributed by atoms with van der Waals surface area (Å²) >= 11 is 0. The Kier molecular flexibility index (Phi) is 4.07. The van der Waals surface area contributed by atoms with E-state index in [-0.39, 0.29) is 11.6 Å². The van der Waals surface area contributed by atoms with Crippen LogP contribution < -0.4 is 5.69 Å². The van der Waals surface area contributed by atoms with Crippen LogP contribution in [-0.2, 0) is 6.54 Å². The molecule has 7 heteroatoms. The molecule has 0 radical (unpaired) electrons. The molecule has 1 amide bonds. The van der Waals surface area contributed by atoms with Crippen molar-refractivity contribution in [1.29, 1.82) is 0 Å². The second-order valence-electron chi connectivity index (χ2n) is 6.22. The number of hydrogen-bond acceptors (Lipinski definition) is 4. The van der Waals surface area contributed by atoms with Gasteiger partial charge in [0.05, 0.1) is 11.2 Å². The fraction of sp³-hybridized carbons (Fsp3) is 0.278. The molecule has 3 heterocycles. The molecule has 4 rings (SSSR count). The largest absolute Gasteiger partial charge is 0.335 e. The van der Waals surface area contributed by atoms with E-state index in [0.717, 1.165) is 36.2 Å². The molecular formula is C18H19N5O2. The van der Waals surface area contributed by atoms with Crippen LogP contribution in [0.4, 0.5) is 0 Å². The van der Waals surface area contributed by atoms with Crippen LogP contribution in [0.5, 0.6) is 0 Å². The Morgan fingerprint density at radius 1 is 1.08 bits per heavy atom. The van der Waals surface area contributed by atoms with Gasteiger partial charge >= 0.3 is 5.69 Å². The first-order valence-corrected chi connectivity index (χ1v) is 8.33. The smallest absolute Gasteiger partial charge is 0.323 e. The van der Waals surface area contributed by atoms with Gasteiger partial charge in [-0.1, -0.05) is 24.3 Å². The highest BCUT2D eigenvalue weighted by Crippen LogP contribution is 2.14. The number of nitrogens with zero attached hydrogens (tertiary/aromatic N) is 3. The average molecular weight is 337 g/mol. The third-order valence-electron chi connectivity index (χ3n) is 4.53. The van der Waals surface area contributed by atoms with Crippen LogP contribution in [0, 0.1) is 0 Å². The number of aromatic nitrogens is 3. The number of para-hydroxylation sites is 1. The molecule has 3 aromatic rings. The van der Waals surface area contributed by atoms with Gasteiger partial charge in [0, 0.05) is 44.3 Å². The minimum absolute atomic E-state index is 0.137. The van der Waals surface area contributed by atoms with Crippen LogP contribution in [0.1, 0.15) is 16.2 Å². The van der Waals surface area contributed by atoms with E-state index in [0.29, 0.717) is 18.8 Å². The minimum atomic E-state index is -0.357. The third kappa shape index (κ3) is 3.32. The molecule has 0 atom stereocenters. The molecule has 1 aliphatic heterocycles. The van der Waals surface area contributed by atoms with Crippen molar-refractivity contribution >= 4 is 16.8 Å². The van der Waals surface area contributed by atoms with Gasteiger partial charge in [0.1, 0.15) is 5.69 Å². The maximum absolute atomic E-state index is 12.3. The Hall–Kier alpha value is -2.93. The van der Waals surface area contributed by atoms with Gasteiger partial charge in [-0.25, -0.2) is 4.79 Å². The van der Waals surface area contributed by atoms with Crippen molar-refractivity contribution in [3.8, 4) is 0 Å². The Bertz CT molecular complexity index is 953. The summed E-state index contributed by atoms with van der Waals surface area (Å²) in [7, 11) is 0. The maximum atomic E-state index is 12.3. The lowest BCUT2D eigenvalue weighted by Gasteiger charge is -2.34. The molecule has 0 unspecified atom stereocenters. The lowest BCUT2D eigenvalue weighted by atomic mass is 10.2. The van der Waals surface area contributed by atoms with Crippen LogP contribution in [0.2, 0.25) is 0 Å². The van der Waals surface area contributed by atoms with Crippen molar-refractivity contribution in [2.75, 3.05) is 26.2 Å². The molecule has 7 nitrogen and oxygen atoms in total. The molecule has 1 aliphatic rings. The van der Waals surface area contributed by atoms with Gasteiger partial charge in [-0.3, -0.25) is 14.7 Å². The second-order valence-corrected chi connectivity index (χ2v) is 6.22. The zero-order valence-electron chi connectivity index (χ0n) is 13.7. The molecule has 1 aromatic carbocycles. The Morgan fingerprint density at radius 2 is 1.88 bits per heavy atom. The summed E-state index contributed by atoms with van der Waals surface area (Å²) < 4.78 is 0. The second kappa shape index (κ2) is 6.52. The Labute approximate surface area is 144 Å². The zero-order chi connectivity index (χ0) is 17.2. The summed E-state index contributed by atoms with van der Waals surface area (Å²) in [5.74, 6) is -0.137. The van der Waals surface area contributed by atoms with Crippen molar-refractivity contribution in [2.24, 2.45) is 0 Å². The fourth-order valence-corrected chi connectivity index (χ4v) is 3.15. The predicted molar refractivity (Wildman–Crippen MR) is 94.3 cm³/mol. The molecular weight excluding hydrogens is 318 g/mol. The maximum Gasteiger partial charge on any atom is 0.323 e. The molecule has 2 N–H and O–H groups in total. The number of hydrogen-bond donors (Lipinski definition) is 2. The quantitative estimate of drug-likeness (QED) is 0.752. The molecule has 2 aromatic heterocycles. The molecule has 25 heavy (non-hydrogen) atoms. The highest BCUT2D eigenvalue weighted by atomic mass is 16.2. The van der Waals surface area contributed by atoms with Crippen LogP contribution in [0.25, 0.3) is 10.9 Å². The number of nitrogens with one attached hydrogen (secondary N) is 2. The summed E-state index contributed by atoms with van der Waals surface area (Å²) in [4.78, 5) is 37.2. The lowest BCUT2D eigenvalue weighted by Crippen LogP contribution is -2.48. The molecule has 1 saturated heterocycles. The third-order valence-corrected chi connectivity index (χ3v) is 4.53. The number of pyridine rings is 1. The van der Waals surface area contributed by atoms with Crippen molar-refractivity contribution in [3.05, 3.63) is 64.5 Å². The number of benzene rings is 1. The van der Waals surface area contributed by atoms with E-state index < -0.39 is 0 Å². The number of fused-ring (bicyclic) bond motifs is 1. The number of imidazole rings is 1. The predicted octanol–water partition coefficient (Wildman–Crippen LogP) is 1.21. The average Bonchev–Trinajstić information content (AvgIpc) is 3.08. The molecule has 0 aliphatic carbocycles. The highest BCUT2D eigenvalue weighted by molar-refractivity contribution is 5.92. The van der Waals surface area contributed by atoms with Gasteiger partial charge in [0.2, 0.25) is 0 Å². The topological polar surface area (TPSA) is 85.1 Å². The van der Waals surface area contributed by atoms with E-state index >= 15 is 0 Å². The van der Waals surface area contributed by atoms with Crippen molar-refractivity contribution < 1.29 is 4.79 Å². The first kappa shape index (κ1) is 15.6. The van der Waals surface area contributed by atoms with Crippen molar-refractivity contribution in [3.63, 3.8) is 0 Å². The molecule has 128 valence electrons. The summed E-state index contributed by atoms with van der Waals surface area (Å²) in [5, 5.41) is 1.14. The van der Waals surface area contributed by atoms with Crippen molar-refractivity contribution in [2.45, 2.75) is 6.54 Å². The standard InChI is InChI=1S/C18H19N5O2/c24-17(16-11-19-18(25)21-16)23-9-7-22(8-10-23)12-14-6-5-13-3-1-2-4-15(13)20-14/h1-6,11H,7-10,12H2,(H2,19,21,25). The van der Waals surface area contributed by atoms with Crippen LogP contribution >= 0.6 is 0 Å². The molecule has 0 saturated carbocycles. The summed E-state index contributed by atoms with van der Waals surface area (Å²) in [5.41, 5.74) is 2.00. The van der Waals surface area contributed by atoms with Gasteiger partial charge in [-0.05, 0) is 12.1 Å². The zero-order valence-corrected chi connectivity index (χ0v) is 13.7.